The third-order valence-electron chi connectivity index (χ3n) is 9.19. The zero-order valence-electron chi connectivity index (χ0n) is 18.5. The van der Waals surface area contributed by atoms with Gasteiger partial charge in [-0.15, -0.1) is 0 Å². The van der Waals surface area contributed by atoms with Crippen molar-refractivity contribution in [1.29, 1.82) is 0 Å². The molecule has 0 spiro atoms. The Morgan fingerprint density at radius 1 is 1.26 bits per heavy atom. The normalized spacial score (nSPS) is 52.1. The number of ketones is 2. The number of halogens is 1. The number of aliphatic hydroxyl groups is 2. The molecule has 8 atom stereocenters. The van der Waals surface area contributed by atoms with Gasteiger partial charge in [0.15, 0.2) is 23.0 Å². The van der Waals surface area contributed by atoms with Crippen molar-refractivity contribution in [3.63, 3.8) is 0 Å². The molecule has 1 saturated heterocycles. The summed E-state index contributed by atoms with van der Waals surface area (Å²) in [6, 6.07) is 0. The topological polar surface area (TPSA) is 93.1 Å². The van der Waals surface area contributed by atoms with E-state index >= 15 is 0 Å². The number of allylic oxidation sites excluding steroid dienone is 4. The highest BCUT2D eigenvalue weighted by molar-refractivity contribution is 9.10. The van der Waals surface area contributed by atoms with Crippen LogP contribution in [0.1, 0.15) is 53.4 Å². The highest BCUT2D eigenvalue weighted by atomic mass is 79.9. The number of Topliss-reactive ketones (excluding diaryl/α,β-unsaturated/α-hetero) is 1. The van der Waals surface area contributed by atoms with Gasteiger partial charge >= 0.3 is 0 Å². The van der Waals surface area contributed by atoms with Crippen molar-refractivity contribution in [2.75, 3.05) is 6.61 Å². The standard InChI is InChI=1S/C24H31BrO6/c1-20(2)30-19-10-16-15-6-5-13-9-14(27)7-8-21(13,3)23(15,25)17(28)11-22(16,4)24(19,31-20)18(29)12-26/h7-9,15-17,19,26,28H,5-6,10-12H2,1-4H3/t15?,16?,17-,19+,21-,22-,23-,24+/m0/s1. The quantitative estimate of drug-likeness (QED) is 0.573. The lowest BCUT2D eigenvalue weighted by Gasteiger charge is -2.64. The SMILES string of the molecule is CC1(C)O[C@@H]2CC3C4CCC5=CC(=O)C=C[C@]5(C)[C@@]4(Br)[C@@H](O)C[C@]3(C)[C@]2(C(=O)CO)O1. The summed E-state index contributed by atoms with van der Waals surface area (Å²) < 4.78 is 11.9. The Hall–Kier alpha value is -0.860. The summed E-state index contributed by atoms with van der Waals surface area (Å²) in [5.74, 6) is -1.21. The van der Waals surface area contributed by atoms with Crippen molar-refractivity contribution < 1.29 is 29.3 Å². The zero-order valence-corrected chi connectivity index (χ0v) is 20.1. The molecule has 0 aromatic carbocycles. The van der Waals surface area contributed by atoms with E-state index in [0.717, 1.165) is 18.4 Å². The second-order valence-corrected chi connectivity index (χ2v) is 12.2. The van der Waals surface area contributed by atoms with E-state index in [1.807, 2.05) is 13.0 Å². The minimum Gasteiger partial charge on any atom is -0.392 e. The first-order valence-electron chi connectivity index (χ1n) is 11.2. The first kappa shape index (κ1) is 22.0. The third-order valence-corrected chi connectivity index (χ3v) is 11.1. The Kier molecular flexibility index (Phi) is 4.52. The van der Waals surface area contributed by atoms with Gasteiger partial charge < -0.3 is 19.7 Å². The van der Waals surface area contributed by atoms with Gasteiger partial charge in [0.1, 0.15) is 6.61 Å². The van der Waals surface area contributed by atoms with E-state index in [2.05, 4.69) is 22.9 Å². The molecule has 1 aliphatic heterocycles. The number of rotatable bonds is 2. The monoisotopic (exact) mass is 494 g/mol. The van der Waals surface area contributed by atoms with Crippen molar-refractivity contribution in [1.82, 2.24) is 0 Å². The van der Waals surface area contributed by atoms with Crippen molar-refractivity contribution in [3.8, 4) is 0 Å². The fourth-order valence-corrected chi connectivity index (χ4v) is 9.02. The maximum atomic E-state index is 13.2. The van der Waals surface area contributed by atoms with E-state index in [9.17, 15) is 19.8 Å². The summed E-state index contributed by atoms with van der Waals surface area (Å²) in [6.45, 7) is 7.10. The van der Waals surface area contributed by atoms with Gasteiger partial charge in [0.05, 0.1) is 16.5 Å². The number of hydrogen-bond acceptors (Lipinski definition) is 6. The number of alkyl halides is 1. The fraction of sp³-hybridized carbons (Fsp3) is 0.750. The smallest absolute Gasteiger partial charge is 0.193 e. The molecule has 6 nitrogen and oxygen atoms in total. The van der Waals surface area contributed by atoms with Gasteiger partial charge in [-0.3, -0.25) is 9.59 Å². The zero-order chi connectivity index (χ0) is 22.6. The average molecular weight is 495 g/mol. The van der Waals surface area contributed by atoms with Crippen LogP contribution in [0.3, 0.4) is 0 Å². The molecule has 2 N–H and O–H groups in total. The minimum absolute atomic E-state index is 0.0101. The molecule has 5 aliphatic rings. The van der Waals surface area contributed by atoms with Crippen LogP contribution in [0.15, 0.2) is 23.8 Å². The first-order valence-corrected chi connectivity index (χ1v) is 12.0. The molecular weight excluding hydrogens is 464 g/mol. The average Bonchev–Trinajstić information content (AvgIpc) is 3.09. The third kappa shape index (κ3) is 2.42. The number of fused-ring (bicyclic) bond motifs is 7. The van der Waals surface area contributed by atoms with Crippen LogP contribution < -0.4 is 0 Å². The lowest BCUT2D eigenvalue weighted by atomic mass is 9.46. The lowest BCUT2D eigenvalue weighted by Crippen LogP contribution is -2.69. The molecule has 4 fully saturated rings. The number of aliphatic hydroxyl groups excluding tert-OH is 2. The molecule has 0 amide bonds. The Morgan fingerprint density at radius 3 is 2.65 bits per heavy atom. The van der Waals surface area contributed by atoms with Gasteiger partial charge in [-0.2, -0.15) is 0 Å². The van der Waals surface area contributed by atoms with Crippen LogP contribution in [-0.2, 0) is 19.1 Å². The second-order valence-electron chi connectivity index (χ2n) is 10.9. The lowest BCUT2D eigenvalue weighted by molar-refractivity contribution is -0.221. The molecule has 0 radical (unpaired) electrons. The number of carbonyl (C=O) groups is 2. The van der Waals surface area contributed by atoms with E-state index in [1.165, 1.54) is 0 Å². The van der Waals surface area contributed by atoms with Crippen LogP contribution >= 0.6 is 15.9 Å². The maximum absolute atomic E-state index is 13.2. The van der Waals surface area contributed by atoms with Crippen molar-refractivity contribution in [3.05, 3.63) is 23.8 Å². The second kappa shape index (κ2) is 6.38. The predicted octanol–water partition coefficient (Wildman–Crippen LogP) is 2.84. The van der Waals surface area contributed by atoms with E-state index in [-0.39, 0.29) is 23.4 Å². The van der Waals surface area contributed by atoms with Crippen molar-refractivity contribution in [2.45, 2.75) is 81.3 Å². The molecule has 1 heterocycles. The number of ether oxygens (including phenoxy) is 2. The predicted molar refractivity (Wildman–Crippen MR) is 116 cm³/mol. The van der Waals surface area contributed by atoms with Gasteiger partial charge in [0.25, 0.3) is 0 Å². The molecule has 5 rings (SSSR count). The van der Waals surface area contributed by atoms with E-state index in [0.29, 0.717) is 12.8 Å². The van der Waals surface area contributed by atoms with Crippen LogP contribution in [0.5, 0.6) is 0 Å². The Labute approximate surface area is 191 Å². The number of carbonyl (C=O) groups excluding carboxylic acids is 2. The Balaban J connectivity index is 1.64. The van der Waals surface area contributed by atoms with Crippen LogP contribution in [-0.4, -0.2) is 56.3 Å². The molecule has 4 aliphatic carbocycles. The molecule has 3 saturated carbocycles. The van der Waals surface area contributed by atoms with Crippen molar-refractivity contribution >= 4 is 27.5 Å². The summed E-state index contributed by atoms with van der Waals surface area (Å²) in [6.07, 6.45) is 6.55. The summed E-state index contributed by atoms with van der Waals surface area (Å²) in [4.78, 5) is 25.3. The van der Waals surface area contributed by atoms with E-state index < -0.39 is 45.4 Å². The van der Waals surface area contributed by atoms with E-state index in [1.54, 1.807) is 26.0 Å². The molecule has 2 unspecified atom stereocenters. The molecule has 0 aromatic rings. The van der Waals surface area contributed by atoms with E-state index in [4.69, 9.17) is 9.47 Å². The summed E-state index contributed by atoms with van der Waals surface area (Å²) in [5, 5.41) is 21.6. The van der Waals surface area contributed by atoms with Gasteiger partial charge in [-0.05, 0) is 63.5 Å². The molecule has 170 valence electrons. The number of hydrogen-bond donors (Lipinski definition) is 2. The van der Waals surface area contributed by atoms with Crippen LogP contribution in [0.4, 0.5) is 0 Å². The molecular formula is C24H31BrO6. The summed E-state index contributed by atoms with van der Waals surface area (Å²) >= 11 is 4.02. The fourth-order valence-electron chi connectivity index (χ4n) is 7.93. The van der Waals surface area contributed by atoms with Gasteiger partial charge in [-0.25, -0.2) is 0 Å². The molecule has 31 heavy (non-hydrogen) atoms. The highest BCUT2D eigenvalue weighted by Crippen LogP contribution is 2.73. The maximum Gasteiger partial charge on any atom is 0.193 e. The van der Waals surface area contributed by atoms with Gasteiger partial charge in [0.2, 0.25) is 0 Å². The molecule has 7 heteroatoms. The van der Waals surface area contributed by atoms with Crippen molar-refractivity contribution in [2.24, 2.45) is 22.7 Å². The Bertz CT molecular complexity index is 925. The van der Waals surface area contributed by atoms with Crippen LogP contribution in [0.2, 0.25) is 0 Å². The Morgan fingerprint density at radius 2 is 1.97 bits per heavy atom. The molecule has 0 bridgehead atoms. The largest absolute Gasteiger partial charge is 0.392 e. The summed E-state index contributed by atoms with van der Waals surface area (Å²) in [7, 11) is 0. The van der Waals surface area contributed by atoms with Gasteiger partial charge in [-0.1, -0.05) is 41.4 Å². The summed E-state index contributed by atoms with van der Waals surface area (Å²) in [5.41, 5.74) is -1.42. The van der Waals surface area contributed by atoms with Crippen LogP contribution in [0, 0.1) is 22.7 Å². The van der Waals surface area contributed by atoms with Crippen LogP contribution in [0.25, 0.3) is 0 Å². The minimum atomic E-state index is -1.28. The highest BCUT2D eigenvalue weighted by Gasteiger charge is 2.79. The molecule has 0 aromatic heterocycles. The first-order chi connectivity index (χ1) is 14.4. The van der Waals surface area contributed by atoms with Gasteiger partial charge in [0, 0.05) is 10.8 Å².